The van der Waals surface area contributed by atoms with Crippen molar-refractivity contribution in [2.75, 3.05) is 0 Å². The van der Waals surface area contributed by atoms with Gasteiger partial charge in [0.25, 0.3) is 0 Å². The van der Waals surface area contributed by atoms with Gasteiger partial charge in [0, 0.05) is 20.0 Å². The highest BCUT2D eigenvalue weighted by Gasteiger charge is 2.09. The highest BCUT2D eigenvalue weighted by atomic mass is 127. The zero-order valence-electron chi connectivity index (χ0n) is 8.99. The van der Waals surface area contributed by atoms with Crippen molar-refractivity contribution in [1.82, 2.24) is 0 Å². The molecular formula is C14H10BrIO. The third-order valence-corrected chi connectivity index (χ3v) is 3.90. The van der Waals surface area contributed by atoms with E-state index in [1.807, 2.05) is 48.5 Å². The highest BCUT2D eigenvalue weighted by molar-refractivity contribution is 14.1. The lowest BCUT2D eigenvalue weighted by Crippen LogP contribution is -2.04. The van der Waals surface area contributed by atoms with E-state index in [4.69, 9.17) is 0 Å². The Morgan fingerprint density at radius 2 is 1.88 bits per heavy atom. The Balaban J connectivity index is 2.20. The average molecular weight is 401 g/mol. The molecule has 0 unspecified atom stereocenters. The molecule has 0 aliphatic heterocycles. The minimum absolute atomic E-state index is 0.149. The topological polar surface area (TPSA) is 17.1 Å². The van der Waals surface area contributed by atoms with E-state index >= 15 is 0 Å². The van der Waals surface area contributed by atoms with E-state index in [1.54, 1.807) is 0 Å². The SMILES string of the molecule is O=C(Cc1ccccc1Br)c1cccc(I)c1. The van der Waals surface area contributed by atoms with Crippen molar-refractivity contribution in [3.05, 3.63) is 67.7 Å². The van der Waals surface area contributed by atoms with Crippen LogP contribution >= 0.6 is 38.5 Å². The highest BCUT2D eigenvalue weighted by Crippen LogP contribution is 2.18. The summed E-state index contributed by atoms with van der Waals surface area (Å²) in [5.41, 5.74) is 1.80. The average Bonchev–Trinajstić information content (AvgIpc) is 2.32. The van der Waals surface area contributed by atoms with Crippen molar-refractivity contribution in [2.24, 2.45) is 0 Å². The standard InChI is InChI=1S/C14H10BrIO/c15-13-7-2-1-4-10(13)9-14(17)11-5-3-6-12(16)8-11/h1-8H,9H2. The van der Waals surface area contributed by atoms with E-state index in [2.05, 4.69) is 38.5 Å². The van der Waals surface area contributed by atoms with Gasteiger partial charge in [-0.1, -0.05) is 46.3 Å². The van der Waals surface area contributed by atoms with Crippen molar-refractivity contribution in [2.45, 2.75) is 6.42 Å². The Bertz CT molecular complexity index is 551. The quantitative estimate of drug-likeness (QED) is 0.548. The molecule has 0 aromatic heterocycles. The fraction of sp³-hybridized carbons (Fsp3) is 0.0714. The van der Waals surface area contributed by atoms with Gasteiger partial charge < -0.3 is 0 Å². The van der Waals surface area contributed by atoms with E-state index in [1.165, 1.54) is 0 Å². The van der Waals surface area contributed by atoms with Gasteiger partial charge in [-0.3, -0.25) is 4.79 Å². The number of carbonyl (C=O) groups is 1. The van der Waals surface area contributed by atoms with Crippen LogP contribution in [0.4, 0.5) is 0 Å². The summed E-state index contributed by atoms with van der Waals surface area (Å²) in [5, 5.41) is 0. The van der Waals surface area contributed by atoms with Gasteiger partial charge in [-0.05, 0) is 46.4 Å². The number of rotatable bonds is 3. The first-order valence-corrected chi connectivity index (χ1v) is 7.06. The van der Waals surface area contributed by atoms with Gasteiger partial charge >= 0.3 is 0 Å². The second-order valence-corrected chi connectivity index (χ2v) is 5.80. The zero-order chi connectivity index (χ0) is 12.3. The molecule has 2 aromatic carbocycles. The number of Topliss-reactive ketones (excluding diaryl/α,β-unsaturated/α-hetero) is 1. The molecule has 0 heterocycles. The molecule has 0 bridgehead atoms. The Hall–Kier alpha value is -0.680. The Morgan fingerprint density at radius 1 is 1.12 bits per heavy atom. The number of hydrogen-bond acceptors (Lipinski definition) is 1. The molecule has 0 spiro atoms. The minimum Gasteiger partial charge on any atom is -0.294 e. The van der Waals surface area contributed by atoms with E-state index in [-0.39, 0.29) is 5.78 Å². The van der Waals surface area contributed by atoms with Gasteiger partial charge in [-0.25, -0.2) is 0 Å². The molecule has 0 saturated carbocycles. The molecule has 1 nitrogen and oxygen atoms in total. The third kappa shape index (κ3) is 3.39. The van der Waals surface area contributed by atoms with Crippen LogP contribution in [0.1, 0.15) is 15.9 Å². The monoisotopic (exact) mass is 400 g/mol. The summed E-state index contributed by atoms with van der Waals surface area (Å²) in [5.74, 6) is 0.149. The lowest BCUT2D eigenvalue weighted by molar-refractivity contribution is 0.0992. The van der Waals surface area contributed by atoms with Crippen molar-refractivity contribution in [1.29, 1.82) is 0 Å². The first-order valence-electron chi connectivity index (χ1n) is 5.19. The lowest BCUT2D eigenvalue weighted by Gasteiger charge is -2.04. The van der Waals surface area contributed by atoms with E-state index < -0.39 is 0 Å². The van der Waals surface area contributed by atoms with Gasteiger partial charge in [0.15, 0.2) is 5.78 Å². The van der Waals surface area contributed by atoms with Crippen molar-refractivity contribution < 1.29 is 4.79 Å². The Morgan fingerprint density at radius 3 is 2.59 bits per heavy atom. The zero-order valence-corrected chi connectivity index (χ0v) is 12.7. The molecule has 0 N–H and O–H groups in total. The van der Waals surface area contributed by atoms with Crippen LogP contribution in [0, 0.1) is 3.57 Å². The fourth-order valence-corrected chi connectivity index (χ4v) is 2.55. The first kappa shape index (κ1) is 12.8. The van der Waals surface area contributed by atoms with Crippen molar-refractivity contribution in [3.8, 4) is 0 Å². The van der Waals surface area contributed by atoms with Crippen molar-refractivity contribution >= 4 is 44.3 Å². The van der Waals surface area contributed by atoms with E-state index in [0.29, 0.717) is 6.42 Å². The van der Waals surface area contributed by atoms with Crippen molar-refractivity contribution in [3.63, 3.8) is 0 Å². The molecule has 0 aliphatic carbocycles. The summed E-state index contributed by atoms with van der Waals surface area (Å²) in [7, 11) is 0. The second kappa shape index (κ2) is 5.78. The molecule has 0 saturated heterocycles. The van der Waals surface area contributed by atoms with Crippen LogP contribution in [0.15, 0.2) is 53.0 Å². The van der Waals surface area contributed by atoms with Crippen LogP contribution in [0.25, 0.3) is 0 Å². The van der Waals surface area contributed by atoms with Gasteiger partial charge in [-0.15, -0.1) is 0 Å². The number of benzene rings is 2. The predicted octanol–water partition coefficient (Wildman–Crippen LogP) is 4.48. The molecule has 0 radical (unpaired) electrons. The largest absolute Gasteiger partial charge is 0.294 e. The van der Waals surface area contributed by atoms with Gasteiger partial charge in [0.2, 0.25) is 0 Å². The van der Waals surface area contributed by atoms with Gasteiger partial charge in [-0.2, -0.15) is 0 Å². The number of ketones is 1. The van der Waals surface area contributed by atoms with E-state index in [9.17, 15) is 4.79 Å². The number of hydrogen-bond donors (Lipinski definition) is 0. The maximum atomic E-state index is 12.1. The van der Waals surface area contributed by atoms with Crippen LogP contribution in [0.3, 0.4) is 0 Å². The molecule has 0 aliphatic rings. The van der Waals surface area contributed by atoms with E-state index in [0.717, 1.165) is 19.2 Å². The van der Waals surface area contributed by atoms with Gasteiger partial charge in [0.05, 0.1) is 0 Å². The molecule has 3 heteroatoms. The molecule has 0 amide bonds. The summed E-state index contributed by atoms with van der Waals surface area (Å²) < 4.78 is 2.07. The Kier molecular flexibility index (Phi) is 4.34. The molecule has 17 heavy (non-hydrogen) atoms. The minimum atomic E-state index is 0.149. The fourth-order valence-electron chi connectivity index (χ4n) is 1.58. The van der Waals surface area contributed by atoms with Crippen LogP contribution in [0.5, 0.6) is 0 Å². The van der Waals surface area contributed by atoms with Crippen LogP contribution in [-0.4, -0.2) is 5.78 Å². The third-order valence-electron chi connectivity index (χ3n) is 2.46. The molecule has 0 atom stereocenters. The van der Waals surface area contributed by atoms with Gasteiger partial charge in [0.1, 0.15) is 0 Å². The normalized spacial score (nSPS) is 10.2. The Labute approximate surface area is 123 Å². The maximum absolute atomic E-state index is 12.1. The summed E-state index contributed by atoms with van der Waals surface area (Å²) in [6.45, 7) is 0. The van der Waals surface area contributed by atoms with Crippen LogP contribution in [0.2, 0.25) is 0 Å². The summed E-state index contributed by atoms with van der Waals surface area (Å²) in [4.78, 5) is 12.1. The molecule has 2 rings (SSSR count). The smallest absolute Gasteiger partial charge is 0.167 e. The number of carbonyl (C=O) groups excluding carboxylic acids is 1. The maximum Gasteiger partial charge on any atom is 0.167 e. The lowest BCUT2D eigenvalue weighted by atomic mass is 10.0. The molecular weight excluding hydrogens is 391 g/mol. The summed E-state index contributed by atoms with van der Waals surface area (Å²) >= 11 is 5.67. The first-order chi connectivity index (χ1) is 8.16. The summed E-state index contributed by atoms with van der Waals surface area (Å²) in [6, 6.07) is 15.5. The molecule has 86 valence electrons. The van der Waals surface area contributed by atoms with Crippen LogP contribution in [-0.2, 0) is 6.42 Å². The predicted molar refractivity (Wildman–Crippen MR) is 81.3 cm³/mol. The van der Waals surface area contributed by atoms with Crippen LogP contribution < -0.4 is 0 Å². The molecule has 0 fully saturated rings. The number of halogens is 2. The second-order valence-electron chi connectivity index (χ2n) is 3.70. The molecule has 2 aromatic rings. The summed E-state index contributed by atoms with van der Waals surface area (Å²) in [6.07, 6.45) is 0.432.